The Morgan fingerprint density at radius 2 is 1.61 bits per heavy atom. The summed E-state index contributed by atoms with van der Waals surface area (Å²) in [5, 5.41) is 0. The highest BCUT2D eigenvalue weighted by molar-refractivity contribution is 5.66. The largest absolute Gasteiger partial charge is 0.462 e. The van der Waals surface area contributed by atoms with Crippen LogP contribution in [0.2, 0.25) is 0 Å². The molecule has 0 aromatic rings. The Balaban J connectivity index is 1.57. The Labute approximate surface area is 223 Å². The lowest BCUT2D eigenvalue weighted by Gasteiger charge is -2.62. The van der Waals surface area contributed by atoms with Gasteiger partial charge in [-0.05, 0) is 115 Å². The normalized spacial score (nSPS) is 41.7. The van der Waals surface area contributed by atoms with Gasteiger partial charge in [0.2, 0.25) is 0 Å². The third-order valence-corrected chi connectivity index (χ3v) is 13.2. The lowest BCUT2D eigenvalue weighted by atomic mass is 9.42. The molecule has 0 saturated heterocycles. The van der Waals surface area contributed by atoms with Gasteiger partial charge in [0, 0.05) is 6.92 Å². The average molecular weight is 499 g/mol. The number of hydrogen-bond acceptors (Lipinski definition) is 2. The third-order valence-electron chi connectivity index (χ3n) is 13.2. The molecule has 0 aromatic carbocycles. The van der Waals surface area contributed by atoms with Gasteiger partial charge in [0.15, 0.2) is 0 Å². The minimum Gasteiger partial charge on any atom is -0.462 e. The maximum atomic E-state index is 11.8. The van der Waals surface area contributed by atoms with Crippen molar-refractivity contribution in [2.45, 2.75) is 146 Å². The molecule has 2 saturated carbocycles. The second-order valence-electron chi connectivity index (χ2n) is 16.1. The van der Waals surface area contributed by atoms with Crippen LogP contribution in [-0.4, -0.2) is 12.1 Å². The summed E-state index contributed by atoms with van der Waals surface area (Å²) < 4.78 is 5.79. The molecular formula is C34H58O2. The van der Waals surface area contributed by atoms with Crippen LogP contribution >= 0.6 is 0 Å². The van der Waals surface area contributed by atoms with E-state index in [1.165, 1.54) is 51.4 Å². The van der Waals surface area contributed by atoms with Crippen LogP contribution < -0.4 is 0 Å². The van der Waals surface area contributed by atoms with Crippen LogP contribution in [0.5, 0.6) is 0 Å². The minimum absolute atomic E-state index is 0.00554. The van der Waals surface area contributed by atoms with Gasteiger partial charge in [0.1, 0.15) is 6.10 Å². The molecule has 8 atom stereocenters. The van der Waals surface area contributed by atoms with Gasteiger partial charge < -0.3 is 4.74 Å². The Hall–Kier alpha value is -0.790. The molecule has 0 bridgehead atoms. The van der Waals surface area contributed by atoms with E-state index in [-0.39, 0.29) is 17.5 Å². The molecule has 2 nitrogen and oxygen atoms in total. The van der Waals surface area contributed by atoms with Crippen LogP contribution in [0.4, 0.5) is 0 Å². The van der Waals surface area contributed by atoms with Crippen molar-refractivity contribution < 1.29 is 9.53 Å². The zero-order valence-corrected chi connectivity index (χ0v) is 25.8. The Morgan fingerprint density at radius 1 is 0.944 bits per heavy atom. The quantitative estimate of drug-likeness (QED) is 0.278. The summed E-state index contributed by atoms with van der Waals surface area (Å²) in [6.45, 7) is 26.4. The highest BCUT2D eigenvalue weighted by atomic mass is 16.5. The molecule has 0 radical (unpaired) electrons. The molecule has 0 amide bonds. The molecular weight excluding hydrogens is 440 g/mol. The van der Waals surface area contributed by atoms with Crippen LogP contribution in [0.25, 0.3) is 0 Å². The number of rotatable bonds is 5. The van der Waals surface area contributed by atoms with Gasteiger partial charge in [0.05, 0.1) is 0 Å². The van der Waals surface area contributed by atoms with Crippen molar-refractivity contribution in [2.24, 2.45) is 50.7 Å². The molecule has 4 aliphatic rings. The molecule has 0 heterocycles. The summed E-state index contributed by atoms with van der Waals surface area (Å²) in [5.41, 5.74) is 5.43. The number of carbonyl (C=O) groups excluding carboxylic acids is 1. The first-order valence-corrected chi connectivity index (χ1v) is 15.4. The fraction of sp³-hybridized carbons (Fsp3) is 0.912. The predicted octanol–water partition coefficient (Wildman–Crippen LogP) is 9.77. The van der Waals surface area contributed by atoms with E-state index in [1.807, 2.05) is 11.1 Å². The van der Waals surface area contributed by atoms with E-state index in [4.69, 9.17) is 4.74 Å². The average Bonchev–Trinajstić information content (AvgIpc) is 3.04. The van der Waals surface area contributed by atoms with Gasteiger partial charge in [-0.2, -0.15) is 0 Å². The summed E-state index contributed by atoms with van der Waals surface area (Å²) in [6.07, 6.45) is 13.1. The second-order valence-corrected chi connectivity index (χ2v) is 16.1. The summed E-state index contributed by atoms with van der Waals surface area (Å²) in [5.74, 6) is 2.97. The van der Waals surface area contributed by atoms with Crippen molar-refractivity contribution in [3.8, 4) is 0 Å². The van der Waals surface area contributed by atoms with E-state index in [1.54, 1.807) is 6.92 Å². The molecule has 4 aliphatic carbocycles. The maximum Gasteiger partial charge on any atom is 0.302 e. The summed E-state index contributed by atoms with van der Waals surface area (Å²) in [4.78, 5) is 11.8. The fourth-order valence-corrected chi connectivity index (χ4v) is 10.3. The molecule has 0 spiro atoms. The number of carbonyl (C=O) groups is 1. The van der Waals surface area contributed by atoms with E-state index >= 15 is 0 Å². The Bertz CT molecular complexity index is 889. The molecule has 0 aromatic heterocycles. The van der Waals surface area contributed by atoms with Crippen LogP contribution in [0.3, 0.4) is 0 Å². The lowest BCUT2D eigenvalue weighted by molar-refractivity contribution is -0.152. The number of fused-ring (bicyclic) bond motifs is 4. The molecule has 2 fully saturated rings. The molecule has 0 aliphatic heterocycles. The van der Waals surface area contributed by atoms with Crippen LogP contribution in [0.1, 0.15) is 140 Å². The second kappa shape index (κ2) is 9.15. The summed E-state index contributed by atoms with van der Waals surface area (Å²) in [6, 6.07) is 0. The van der Waals surface area contributed by atoms with Crippen LogP contribution in [0.15, 0.2) is 11.1 Å². The van der Waals surface area contributed by atoms with E-state index < -0.39 is 0 Å². The number of esters is 1. The van der Waals surface area contributed by atoms with Gasteiger partial charge in [-0.1, -0.05) is 80.4 Å². The SMILES string of the molecule is CC(=O)OC(CCC(C)C1CC[C@@]2(C)C3=C(CC[C@]12C)[C@@]1(C)CC[C@H](C)C(C)(C)[C@@H]1CC3)C(C)(C)C. The van der Waals surface area contributed by atoms with Gasteiger partial charge in [-0.15, -0.1) is 0 Å². The lowest BCUT2D eigenvalue weighted by Crippen LogP contribution is -2.53. The van der Waals surface area contributed by atoms with Crippen molar-refractivity contribution in [1.82, 2.24) is 0 Å². The van der Waals surface area contributed by atoms with Gasteiger partial charge in [-0.3, -0.25) is 4.79 Å². The van der Waals surface area contributed by atoms with Crippen molar-refractivity contribution in [1.29, 1.82) is 0 Å². The van der Waals surface area contributed by atoms with Crippen molar-refractivity contribution in [2.75, 3.05) is 0 Å². The summed E-state index contributed by atoms with van der Waals surface area (Å²) in [7, 11) is 0. The predicted molar refractivity (Wildman–Crippen MR) is 152 cm³/mol. The molecule has 36 heavy (non-hydrogen) atoms. The Morgan fingerprint density at radius 3 is 2.22 bits per heavy atom. The fourth-order valence-electron chi connectivity index (χ4n) is 10.3. The Kier molecular flexibility index (Phi) is 7.17. The zero-order valence-electron chi connectivity index (χ0n) is 25.8. The monoisotopic (exact) mass is 498 g/mol. The van der Waals surface area contributed by atoms with Crippen molar-refractivity contribution >= 4 is 5.97 Å². The first kappa shape index (κ1) is 28.2. The van der Waals surface area contributed by atoms with Crippen LogP contribution in [0, 0.1) is 50.7 Å². The van der Waals surface area contributed by atoms with Gasteiger partial charge in [0.25, 0.3) is 0 Å². The molecule has 2 heteroatoms. The topological polar surface area (TPSA) is 26.3 Å². The first-order valence-electron chi connectivity index (χ1n) is 15.4. The first-order chi connectivity index (χ1) is 16.5. The third kappa shape index (κ3) is 4.23. The summed E-state index contributed by atoms with van der Waals surface area (Å²) >= 11 is 0. The van der Waals surface area contributed by atoms with Gasteiger partial charge in [-0.25, -0.2) is 0 Å². The zero-order chi connectivity index (χ0) is 26.9. The van der Waals surface area contributed by atoms with E-state index in [2.05, 4.69) is 69.2 Å². The molecule has 3 unspecified atom stereocenters. The van der Waals surface area contributed by atoms with Crippen molar-refractivity contribution in [3.63, 3.8) is 0 Å². The highest BCUT2D eigenvalue weighted by Gasteiger charge is 2.63. The van der Waals surface area contributed by atoms with E-state index in [9.17, 15) is 4.79 Å². The minimum atomic E-state index is -0.140. The van der Waals surface area contributed by atoms with E-state index in [0.717, 1.165) is 30.6 Å². The molecule has 206 valence electrons. The molecule has 0 N–H and O–H groups in total. The smallest absolute Gasteiger partial charge is 0.302 e. The standard InChI is InChI=1S/C34H58O2/c1-22(12-15-29(30(4,5)6)36-24(3)35)25-17-20-34(11)27-13-14-28-31(7,8)23(2)16-19-32(28,9)26(27)18-21-33(25,34)10/h22-23,25,28-29H,12-21H2,1-11H3/t22?,23-,25?,28-,29?,32+,33+,34-/m0/s1. The highest BCUT2D eigenvalue weighted by Crippen LogP contribution is 2.72. The van der Waals surface area contributed by atoms with Crippen molar-refractivity contribution in [3.05, 3.63) is 11.1 Å². The maximum absolute atomic E-state index is 11.8. The number of hydrogen-bond donors (Lipinski definition) is 0. The molecule has 4 rings (SSSR count). The van der Waals surface area contributed by atoms with Gasteiger partial charge >= 0.3 is 5.97 Å². The van der Waals surface area contributed by atoms with Crippen LogP contribution in [-0.2, 0) is 9.53 Å². The number of ether oxygens (including phenoxy) is 1. The van der Waals surface area contributed by atoms with E-state index in [0.29, 0.717) is 27.6 Å². The number of allylic oxidation sites excluding steroid dienone is 2.